The van der Waals surface area contributed by atoms with Crippen LogP contribution < -0.4 is 10.6 Å². The van der Waals surface area contributed by atoms with Crippen molar-refractivity contribution in [2.24, 2.45) is 0 Å². The molecule has 178 valence electrons. The molecule has 0 bridgehead atoms. The fraction of sp³-hybridized carbons (Fsp3) is 0.318. The molecule has 0 radical (unpaired) electrons. The minimum absolute atomic E-state index is 0.0426. The van der Waals surface area contributed by atoms with E-state index in [4.69, 9.17) is 0 Å². The lowest BCUT2D eigenvalue weighted by Gasteiger charge is -2.26. The zero-order valence-corrected chi connectivity index (χ0v) is 20.4. The van der Waals surface area contributed by atoms with Crippen LogP contribution in [0.1, 0.15) is 30.8 Å². The third-order valence-electron chi connectivity index (χ3n) is 4.09. The van der Waals surface area contributed by atoms with E-state index in [2.05, 4.69) is 26.9 Å². The molecule has 11 heteroatoms. The van der Waals surface area contributed by atoms with Gasteiger partial charge in [0.2, 0.25) is 12.3 Å². The number of nitrogens with zero attached hydrogens (tertiary/aromatic N) is 2. The zero-order valence-electron chi connectivity index (χ0n) is 18.8. The SMILES string of the molecule is C=C/C=C\C(=C/C)C[C@@H](C(=O)Nc1nc(C(=O)OC)cs1)N(C=O)C(=O)NCCS/C=C\C. The van der Waals surface area contributed by atoms with Gasteiger partial charge in [0.15, 0.2) is 10.8 Å². The van der Waals surface area contributed by atoms with Gasteiger partial charge in [-0.2, -0.15) is 0 Å². The number of hydrogen-bond donors (Lipinski definition) is 2. The number of nitrogens with one attached hydrogen (secondary N) is 2. The van der Waals surface area contributed by atoms with Crippen LogP contribution in [0.2, 0.25) is 0 Å². The predicted molar refractivity (Wildman–Crippen MR) is 132 cm³/mol. The molecule has 4 amide bonds. The van der Waals surface area contributed by atoms with E-state index in [1.165, 1.54) is 24.3 Å². The lowest BCUT2D eigenvalue weighted by Crippen LogP contribution is -2.51. The number of thiazole rings is 1. The molecule has 1 rings (SSSR count). The Bertz CT molecular complexity index is 924. The molecule has 0 fully saturated rings. The molecule has 2 N–H and O–H groups in total. The summed E-state index contributed by atoms with van der Waals surface area (Å²) < 4.78 is 4.61. The summed E-state index contributed by atoms with van der Waals surface area (Å²) in [7, 11) is 1.23. The molecular weight excluding hydrogens is 464 g/mol. The maximum Gasteiger partial charge on any atom is 0.357 e. The van der Waals surface area contributed by atoms with Crippen LogP contribution in [0.3, 0.4) is 0 Å². The van der Waals surface area contributed by atoms with Crippen molar-refractivity contribution in [3.63, 3.8) is 0 Å². The average molecular weight is 493 g/mol. The molecule has 1 atom stereocenters. The van der Waals surface area contributed by atoms with Gasteiger partial charge in [0.25, 0.3) is 0 Å². The van der Waals surface area contributed by atoms with Gasteiger partial charge in [0.1, 0.15) is 6.04 Å². The van der Waals surface area contributed by atoms with E-state index in [-0.39, 0.29) is 17.2 Å². The van der Waals surface area contributed by atoms with E-state index in [9.17, 15) is 19.2 Å². The van der Waals surface area contributed by atoms with Crippen LogP contribution in [0, 0.1) is 0 Å². The number of hydrogen-bond acceptors (Lipinski definition) is 8. The molecule has 9 nitrogen and oxygen atoms in total. The first-order chi connectivity index (χ1) is 15.9. The van der Waals surface area contributed by atoms with Crippen molar-refractivity contribution >= 4 is 52.5 Å². The number of allylic oxidation sites excluding steroid dienone is 5. The van der Waals surface area contributed by atoms with Gasteiger partial charge in [0, 0.05) is 24.1 Å². The summed E-state index contributed by atoms with van der Waals surface area (Å²) in [5.74, 6) is -0.659. The minimum atomic E-state index is -1.16. The van der Waals surface area contributed by atoms with Crippen molar-refractivity contribution in [3.05, 3.63) is 59.0 Å². The number of ether oxygens (including phenoxy) is 1. The van der Waals surface area contributed by atoms with Crippen LogP contribution in [-0.4, -0.2) is 59.7 Å². The molecule has 0 saturated heterocycles. The molecule has 0 aromatic carbocycles. The maximum absolute atomic E-state index is 13.1. The molecule has 1 heterocycles. The number of carbonyl (C=O) groups is 4. The summed E-state index contributed by atoms with van der Waals surface area (Å²) in [6.07, 6.45) is 9.05. The Balaban J connectivity index is 3.08. The quantitative estimate of drug-likeness (QED) is 0.186. The number of anilines is 1. The Kier molecular flexibility index (Phi) is 13.2. The second-order valence-corrected chi connectivity index (χ2v) is 8.15. The van der Waals surface area contributed by atoms with E-state index in [0.717, 1.165) is 16.2 Å². The number of carbonyl (C=O) groups excluding carboxylic acids is 4. The van der Waals surface area contributed by atoms with Crippen LogP contribution >= 0.6 is 23.1 Å². The van der Waals surface area contributed by atoms with Crippen LogP contribution in [-0.2, 0) is 14.3 Å². The highest BCUT2D eigenvalue weighted by Gasteiger charge is 2.31. The normalized spacial score (nSPS) is 12.4. The summed E-state index contributed by atoms with van der Waals surface area (Å²) >= 11 is 2.53. The third kappa shape index (κ3) is 9.46. The molecule has 0 unspecified atom stereocenters. The number of urea groups is 1. The smallest absolute Gasteiger partial charge is 0.357 e. The van der Waals surface area contributed by atoms with Crippen LogP contribution in [0.25, 0.3) is 0 Å². The van der Waals surface area contributed by atoms with E-state index < -0.39 is 23.9 Å². The van der Waals surface area contributed by atoms with Gasteiger partial charge < -0.3 is 15.4 Å². The van der Waals surface area contributed by atoms with Crippen molar-refractivity contribution in [2.45, 2.75) is 26.3 Å². The summed E-state index contributed by atoms with van der Waals surface area (Å²) in [6.45, 7) is 7.60. The van der Waals surface area contributed by atoms with Gasteiger partial charge in [-0.3, -0.25) is 14.5 Å². The highest BCUT2D eigenvalue weighted by atomic mass is 32.2. The highest BCUT2D eigenvalue weighted by molar-refractivity contribution is 8.02. The molecule has 1 aromatic heterocycles. The van der Waals surface area contributed by atoms with Crippen LogP contribution in [0.15, 0.2) is 53.3 Å². The molecule has 0 spiro atoms. The molecule has 0 saturated carbocycles. The molecule has 0 aliphatic heterocycles. The number of amides is 4. The summed E-state index contributed by atoms with van der Waals surface area (Å²) in [5.41, 5.74) is 0.758. The Morgan fingerprint density at radius 2 is 2.12 bits per heavy atom. The lowest BCUT2D eigenvalue weighted by molar-refractivity contribution is -0.127. The number of aromatic nitrogens is 1. The van der Waals surface area contributed by atoms with Crippen molar-refractivity contribution in [1.82, 2.24) is 15.2 Å². The number of methoxy groups -OCH3 is 1. The molecule has 0 aliphatic rings. The van der Waals surface area contributed by atoms with Gasteiger partial charge in [-0.15, -0.1) is 23.1 Å². The van der Waals surface area contributed by atoms with Crippen molar-refractivity contribution in [2.75, 3.05) is 24.7 Å². The number of rotatable bonds is 13. The fourth-order valence-electron chi connectivity index (χ4n) is 2.47. The first-order valence-electron chi connectivity index (χ1n) is 9.94. The Morgan fingerprint density at radius 1 is 1.36 bits per heavy atom. The van der Waals surface area contributed by atoms with Gasteiger partial charge in [-0.05, 0) is 24.8 Å². The van der Waals surface area contributed by atoms with Crippen molar-refractivity contribution in [3.8, 4) is 0 Å². The third-order valence-corrected chi connectivity index (χ3v) is 5.75. The Morgan fingerprint density at radius 3 is 2.73 bits per heavy atom. The van der Waals surface area contributed by atoms with Crippen molar-refractivity contribution in [1.29, 1.82) is 0 Å². The van der Waals surface area contributed by atoms with Gasteiger partial charge in [-0.1, -0.05) is 37.0 Å². The first-order valence-corrected chi connectivity index (χ1v) is 11.9. The van der Waals surface area contributed by atoms with Crippen molar-refractivity contribution < 1.29 is 23.9 Å². The number of imide groups is 1. The summed E-state index contributed by atoms with van der Waals surface area (Å²) in [4.78, 5) is 54.0. The van der Waals surface area contributed by atoms with Crippen LogP contribution in [0.4, 0.5) is 9.93 Å². The standard InChI is InChI=1S/C22H28N4O5S2/c1-5-8-9-16(7-3)13-18(26(15-27)22(30)23-10-12-32-11-6-2)19(28)25-21-24-17(14-33-21)20(29)31-4/h5-9,11,14-15,18H,1,10,12-13H2,2-4H3,(H,23,30)(H,24,25,28)/b9-8-,11-6-,16-7+/t18-/m0/s1. The van der Waals surface area contributed by atoms with E-state index >= 15 is 0 Å². The summed E-state index contributed by atoms with van der Waals surface area (Å²) in [5, 5.41) is 8.69. The second kappa shape index (κ2) is 15.6. The zero-order chi connectivity index (χ0) is 24.6. The lowest BCUT2D eigenvalue weighted by atomic mass is 10.0. The highest BCUT2D eigenvalue weighted by Crippen LogP contribution is 2.19. The van der Waals surface area contributed by atoms with E-state index in [1.807, 2.05) is 18.4 Å². The minimum Gasteiger partial charge on any atom is -0.464 e. The fourth-order valence-corrected chi connectivity index (χ4v) is 3.70. The van der Waals surface area contributed by atoms with Gasteiger partial charge in [0.05, 0.1) is 7.11 Å². The van der Waals surface area contributed by atoms with E-state index in [1.54, 1.807) is 31.2 Å². The molecule has 1 aromatic rings. The average Bonchev–Trinajstić information content (AvgIpc) is 3.28. The molecule has 33 heavy (non-hydrogen) atoms. The second-order valence-electron chi connectivity index (χ2n) is 6.28. The monoisotopic (exact) mass is 492 g/mol. The van der Waals surface area contributed by atoms with Gasteiger partial charge in [-0.25, -0.2) is 14.6 Å². The molecule has 0 aliphatic carbocycles. The largest absolute Gasteiger partial charge is 0.464 e. The number of thioether (sulfide) groups is 1. The van der Waals surface area contributed by atoms with Crippen LogP contribution in [0.5, 0.6) is 0 Å². The summed E-state index contributed by atoms with van der Waals surface area (Å²) in [6, 6.07) is -1.85. The maximum atomic E-state index is 13.1. The first kappa shape index (κ1) is 27.9. The Hall–Kier alpha value is -3.18. The topological polar surface area (TPSA) is 118 Å². The van der Waals surface area contributed by atoms with E-state index in [0.29, 0.717) is 24.3 Å². The number of esters is 1. The Labute approximate surface area is 201 Å². The van der Waals surface area contributed by atoms with Gasteiger partial charge >= 0.3 is 12.0 Å². The molecular formula is C22H28N4O5S2. The predicted octanol–water partition coefficient (Wildman–Crippen LogP) is 3.75.